The molecule has 1 aliphatic carbocycles. The second-order valence-corrected chi connectivity index (χ2v) is 7.39. The first-order valence-electron chi connectivity index (χ1n) is 8.98. The Morgan fingerprint density at radius 1 is 1.04 bits per heavy atom. The van der Waals surface area contributed by atoms with Crippen molar-refractivity contribution < 1.29 is 9.21 Å². The van der Waals surface area contributed by atoms with Gasteiger partial charge in [-0.1, -0.05) is 35.9 Å². The van der Waals surface area contributed by atoms with Gasteiger partial charge in [0.1, 0.15) is 5.58 Å². The molecule has 5 rings (SSSR count). The van der Waals surface area contributed by atoms with Crippen molar-refractivity contribution in [1.29, 1.82) is 0 Å². The van der Waals surface area contributed by atoms with Crippen molar-refractivity contribution in [3.8, 4) is 0 Å². The fraction of sp³-hybridized carbons (Fsp3) is 0.182. The molecule has 1 N–H and O–H groups in total. The average Bonchev–Trinajstić information content (AvgIpc) is 2.67. The van der Waals surface area contributed by atoms with Crippen molar-refractivity contribution in [1.82, 2.24) is 0 Å². The molecule has 1 atom stereocenters. The van der Waals surface area contributed by atoms with Crippen molar-refractivity contribution in [3.63, 3.8) is 0 Å². The number of Topliss-reactive ketones (excluding diaryl/α,β-unsaturated/α-hetero) is 1. The summed E-state index contributed by atoms with van der Waals surface area (Å²) in [6.45, 7) is 0. The Hall–Kier alpha value is -2.85. The number of nitrogens with one attached hydrogen (secondary N) is 1. The van der Waals surface area contributed by atoms with Gasteiger partial charge < -0.3 is 9.73 Å². The number of anilines is 1. The smallest absolute Gasteiger partial charge is 0.342 e. The van der Waals surface area contributed by atoms with E-state index in [1.807, 2.05) is 36.4 Å². The molecule has 2 aliphatic rings. The van der Waals surface area contributed by atoms with Crippen LogP contribution >= 0.6 is 11.6 Å². The molecular formula is C22H16ClNO3. The lowest BCUT2D eigenvalue weighted by Gasteiger charge is -2.33. The lowest BCUT2D eigenvalue weighted by molar-refractivity contribution is -0.116. The van der Waals surface area contributed by atoms with Gasteiger partial charge in [0, 0.05) is 34.0 Å². The normalized spacial score (nSPS) is 18.9. The lowest BCUT2D eigenvalue weighted by atomic mass is 9.75. The molecule has 27 heavy (non-hydrogen) atoms. The first kappa shape index (κ1) is 16.3. The van der Waals surface area contributed by atoms with Gasteiger partial charge >= 0.3 is 5.63 Å². The molecule has 3 aromatic rings. The number of ketones is 1. The van der Waals surface area contributed by atoms with Crippen LogP contribution in [0, 0.1) is 0 Å². The Bertz CT molecular complexity index is 1190. The van der Waals surface area contributed by atoms with E-state index in [1.54, 1.807) is 12.1 Å². The second-order valence-electron chi connectivity index (χ2n) is 6.96. The highest BCUT2D eigenvalue weighted by atomic mass is 35.5. The third-order valence-electron chi connectivity index (χ3n) is 5.34. The molecule has 0 saturated carbocycles. The Labute approximate surface area is 160 Å². The number of carbonyl (C=O) groups is 1. The topological polar surface area (TPSA) is 59.3 Å². The summed E-state index contributed by atoms with van der Waals surface area (Å²) < 4.78 is 5.59. The first-order valence-corrected chi connectivity index (χ1v) is 9.36. The van der Waals surface area contributed by atoms with Crippen molar-refractivity contribution in [2.45, 2.75) is 25.2 Å². The summed E-state index contributed by atoms with van der Waals surface area (Å²) in [5, 5.41) is 4.80. The summed E-state index contributed by atoms with van der Waals surface area (Å²) in [7, 11) is 0. The summed E-state index contributed by atoms with van der Waals surface area (Å²) in [6.07, 6.45) is 2.08. The van der Waals surface area contributed by atoms with Gasteiger partial charge in [0.15, 0.2) is 5.78 Å². The molecule has 1 aliphatic heterocycles. The molecule has 4 nitrogen and oxygen atoms in total. The quantitative estimate of drug-likeness (QED) is 0.605. The van der Waals surface area contributed by atoms with Gasteiger partial charge in [0.25, 0.3) is 0 Å². The van der Waals surface area contributed by atoms with Gasteiger partial charge in [0.05, 0.1) is 11.3 Å². The molecule has 0 saturated heterocycles. The Balaban J connectivity index is 1.87. The highest BCUT2D eigenvalue weighted by molar-refractivity contribution is 6.30. The summed E-state index contributed by atoms with van der Waals surface area (Å²) in [5.74, 6) is -0.393. The van der Waals surface area contributed by atoms with Gasteiger partial charge in [-0.15, -0.1) is 0 Å². The maximum atomic E-state index is 13.0. The summed E-state index contributed by atoms with van der Waals surface area (Å²) >= 11 is 6.22. The number of benzene rings is 2. The molecular weight excluding hydrogens is 362 g/mol. The number of fused-ring (bicyclic) bond motifs is 3. The van der Waals surface area contributed by atoms with Gasteiger partial charge in [-0.05, 0) is 42.7 Å². The standard InChI is InChI=1S/C22H16ClNO3/c23-13-6-3-5-12(11-13)18-19-15(8-4-9-16(19)25)24-21-14-7-1-2-10-17(14)27-22(26)20(18)21/h1-3,5-7,10-11,18,24H,4,8-9H2. The van der Waals surface area contributed by atoms with Crippen LogP contribution in [0.2, 0.25) is 5.02 Å². The van der Waals surface area contributed by atoms with Crippen molar-refractivity contribution >= 4 is 34.0 Å². The molecule has 2 aromatic carbocycles. The lowest BCUT2D eigenvalue weighted by Crippen LogP contribution is -2.30. The van der Waals surface area contributed by atoms with Crippen LogP contribution in [0.4, 0.5) is 5.69 Å². The molecule has 1 unspecified atom stereocenters. The zero-order chi connectivity index (χ0) is 18.5. The zero-order valence-electron chi connectivity index (χ0n) is 14.4. The van der Waals surface area contributed by atoms with Crippen LogP contribution in [0.5, 0.6) is 0 Å². The Morgan fingerprint density at radius 3 is 2.74 bits per heavy atom. The summed E-state index contributed by atoms with van der Waals surface area (Å²) in [6, 6.07) is 14.8. The van der Waals surface area contributed by atoms with Crippen LogP contribution in [-0.4, -0.2) is 5.78 Å². The van der Waals surface area contributed by atoms with Crippen LogP contribution in [-0.2, 0) is 4.79 Å². The SMILES string of the molecule is O=C1CCCC2=C1C(c1cccc(Cl)c1)c1c(c3ccccc3oc1=O)N2. The summed E-state index contributed by atoms with van der Waals surface area (Å²) in [5.41, 5.74) is 3.72. The van der Waals surface area contributed by atoms with Gasteiger partial charge in [0.2, 0.25) is 0 Å². The molecule has 0 bridgehead atoms. The minimum absolute atomic E-state index is 0.0759. The predicted octanol–water partition coefficient (Wildman–Crippen LogP) is 5.01. The van der Waals surface area contributed by atoms with Gasteiger partial charge in [-0.25, -0.2) is 4.79 Å². The zero-order valence-corrected chi connectivity index (χ0v) is 15.2. The van der Waals surface area contributed by atoms with Crippen molar-refractivity contribution in [2.75, 3.05) is 5.32 Å². The highest BCUT2D eigenvalue weighted by Gasteiger charge is 2.38. The van der Waals surface area contributed by atoms with E-state index < -0.39 is 11.5 Å². The van der Waals surface area contributed by atoms with Crippen LogP contribution < -0.4 is 10.9 Å². The van der Waals surface area contributed by atoms with Crippen LogP contribution in [0.3, 0.4) is 0 Å². The number of hydrogen-bond donors (Lipinski definition) is 1. The van der Waals surface area contributed by atoms with E-state index in [1.165, 1.54) is 0 Å². The number of halogens is 1. The molecule has 0 radical (unpaired) electrons. The fourth-order valence-corrected chi connectivity index (χ4v) is 4.40. The molecule has 5 heteroatoms. The highest BCUT2D eigenvalue weighted by Crippen LogP contribution is 2.46. The van der Waals surface area contributed by atoms with E-state index in [2.05, 4.69) is 5.32 Å². The number of hydrogen-bond acceptors (Lipinski definition) is 4. The molecule has 0 fully saturated rings. The maximum absolute atomic E-state index is 13.0. The molecule has 0 spiro atoms. The van der Waals surface area contributed by atoms with E-state index in [0.717, 1.165) is 35.2 Å². The van der Waals surface area contributed by atoms with Gasteiger partial charge in [-0.2, -0.15) is 0 Å². The van der Waals surface area contributed by atoms with E-state index in [4.69, 9.17) is 16.0 Å². The first-order chi connectivity index (χ1) is 13.1. The van der Waals surface area contributed by atoms with Crippen LogP contribution in [0.15, 0.2) is 69.0 Å². The minimum Gasteiger partial charge on any atom is -0.422 e. The predicted molar refractivity (Wildman–Crippen MR) is 105 cm³/mol. The minimum atomic E-state index is -0.469. The van der Waals surface area contributed by atoms with Gasteiger partial charge in [-0.3, -0.25) is 4.79 Å². The Kier molecular flexibility index (Phi) is 3.69. The van der Waals surface area contributed by atoms with Crippen LogP contribution in [0.1, 0.15) is 36.3 Å². The Morgan fingerprint density at radius 2 is 1.89 bits per heavy atom. The van der Waals surface area contributed by atoms with Crippen molar-refractivity contribution in [2.24, 2.45) is 0 Å². The number of rotatable bonds is 1. The monoisotopic (exact) mass is 377 g/mol. The third-order valence-corrected chi connectivity index (χ3v) is 5.57. The van der Waals surface area contributed by atoms with E-state index in [9.17, 15) is 9.59 Å². The van der Waals surface area contributed by atoms with Crippen molar-refractivity contribution in [3.05, 3.63) is 86.4 Å². The molecule has 0 amide bonds. The largest absolute Gasteiger partial charge is 0.422 e. The van der Waals surface area contributed by atoms with E-state index in [-0.39, 0.29) is 5.78 Å². The number of allylic oxidation sites excluding steroid dienone is 2. The van der Waals surface area contributed by atoms with E-state index in [0.29, 0.717) is 28.2 Å². The number of para-hydroxylation sites is 1. The molecule has 2 heterocycles. The average molecular weight is 378 g/mol. The molecule has 1 aromatic heterocycles. The van der Waals surface area contributed by atoms with E-state index >= 15 is 0 Å². The third kappa shape index (κ3) is 2.52. The fourth-order valence-electron chi connectivity index (χ4n) is 4.20. The second kappa shape index (κ2) is 6.10. The van der Waals surface area contributed by atoms with Crippen LogP contribution in [0.25, 0.3) is 11.0 Å². The number of carbonyl (C=O) groups excluding carboxylic acids is 1. The summed E-state index contributed by atoms with van der Waals surface area (Å²) in [4.78, 5) is 25.8. The maximum Gasteiger partial charge on any atom is 0.342 e. The molecule has 134 valence electrons.